The van der Waals surface area contributed by atoms with Crippen molar-refractivity contribution in [1.82, 2.24) is 5.32 Å². The van der Waals surface area contributed by atoms with Crippen LogP contribution < -0.4 is 23.8 Å². The van der Waals surface area contributed by atoms with Crippen molar-refractivity contribution in [3.05, 3.63) is 77.9 Å². The van der Waals surface area contributed by atoms with Gasteiger partial charge in [-0.3, -0.25) is 9.10 Å². The van der Waals surface area contributed by atoms with Crippen molar-refractivity contribution in [2.45, 2.75) is 43.7 Å². The molecule has 0 aliphatic carbocycles. The van der Waals surface area contributed by atoms with E-state index in [0.717, 1.165) is 15.4 Å². The van der Waals surface area contributed by atoms with Gasteiger partial charge < -0.3 is 19.5 Å². The van der Waals surface area contributed by atoms with Gasteiger partial charge in [-0.1, -0.05) is 35.9 Å². The minimum atomic E-state index is -4.14. The predicted molar refractivity (Wildman–Crippen MR) is 142 cm³/mol. The number of nitrogens with zero attached hydrogens (tertiary/aromatic N) is 1. The number of benzene rings is 3. The molecule has 3 aromatic rings. The van der Waals surface area contributed by atoms with Gasteiger partial charge >= 0.3 is 0 Å². The SMILES string of the molecule is COc1ccc(OC)c(N(CC(=O)NC2CC(C)(C)Oc3ccccc32)S(=O)(=O)c2ccc(C)cc2)c1. The summed E-state index contributed by atoms with van der Waals surface area (Å²) in [6.07, 6.45) is 0.531. The fourth-order valence-electron chi connectivity index (χ4n) is 4.43. The first-order valence-corrected chi connectivity index (χ1v) is 13.4. The molecule has 0 aromatic heterocycles. The maximum absolute atomic E-state index is 13.9. The summed E-state index contributed by atoms with van der Waals surface area (Å²) in [5.74, 6) is 0.961. The highest BCUT2D eigenvalue weighted by Crippen LogP contribution is 2.40. The average Bonchev–Trinajstić information content (AvgIpc) is 2.86. The van der Waals surface area contributed by atoms with Crippen LogP contribution in [0.3, 0.4) is 0 Å². The topological polar surface area (TPSA) is 94.2 Å². The van der Waals surface area contributed by atoms with E-state index in [1.165, 1.54) is 26.4 Å². The van der Waals surface area contributed by atoms with Crippen LogP contribution in [0.1, 0.15) is 37.4 Å². The van der Waals surface area contributed by atoms with Gasteiger partial charge in [-0.15, -0.1) is 0 Å². The number of hydrogen-bond donors (Lipinski definition) is 1. The zero-order chi connectivity index (χ0) is 26.8. The number of amides is 1. The molecule has 0 saturated carbocycles. The van der Waals surface area contributed by atoms with E-state index in [4.69, 9.17) is 14.2 Å². The van der Waals surface area contributed by atoms with Gasteiger partial charge in [-0.25, -0.2) is 8.42 Å². The molecule has 37 heavy (non-hydrogen) atoms. The molecular formula is C28H32N2O6S. The highest BCUT2D eigenvalue weighted by molar-refractivity contribution is 7.92. The summed E-state index contributed by atoms with van der Waals surface area (Å²) in [4.78, 5) is 13.5. The number of rotatable bonds is 8. The number of carbonyl (C=O) groups excluding carboxylic acids is 1. The second-order valence-electron chi connectivity index (χ2n) is 9.59. The molecule has 0 fully saturated rings. The molecule has 1 atom stereocenters. The highest BCUT2D eigenvalue weighted by Gasteiger charge is 2.36. The summed E-state index contributed by atoms with van der Waals surface area (Å²) in [6, 6.07) is 18.5. The maximum Gasteiger partial charge on any atom is 0.264 e. The lowest BCUT2D eigenvalue weighted by Crippen LogP contribution is -2.45. The van der Waals surface area contributed by atoms with E-state index in [0.29, 0.717) is 23.7 Å². The number of aryl methyl sites for hydroxylation is 1. The van der Waals surface area contributed by atoms with Crippen LogP contribution in [-0.4, -0.2) is 40.7 Å². The Bertz CT molecular complexity index is 1390. The van der Waals surface area contributed by atoms with Crippen LogP contribution >= 0.6 is 0 Å². The van der Waals surface area contributed by atoms with Crippen molar-refractivity contribution in [2.75, 3.05) is 25.1 Å². The van der Waals surface area contributed by atoms with Crippen molar-refractivity contribution in [3.8, 4) is 17.2 Å². The van der Waals surface area contributed by atoms with Crippen molar-refractivity contribution < 1.29 is 27.4 Å². The second-order valence-corrected chi connectivity index (χ2v) is 11.4. The van der Waals surface area contributed by atoms with Gasteiger partial charge in [0.1, 0.15) is 29.4 Å². The molecule has 4 rings (SSSR count). The Morgan fingerprint density at radius 3 is 2.43 bits per heavy atom. The monoisotopic (exact) mass is 524 g/mol. The fourth-order valence-corrected chi connectivity index (χ4v) is 5.85. The van der Waals surface area contributed by atoms with Crippen LogP contribution in [0, 0.1) is 6.92 Å². The smallest absolute Gasteiger partial charge is 0.264 e. The standard InChI is InChI=1S/C28H32N2O6S/c1-19-10-13-21(14-11-19)37(32,33)30(24-16-20(34-4)12-15-26(24)35-5)18-27(31)29-23-17-28(2,3)36-25-9-7-6-8-22(23)25/h6-16,23H,17-18H2,1-5H3,(H,29,31). The molecule has 3 aromatic carbocycles. The third-order valence-corrected chi connectivity index (χ3v) is 8.04. The summed E-state index contributed by atoms with van der Waals surface area (Å²) < 4.78 is 45.7. The molecule has 1 unspecified atom stereocenters. The van der Waals surface area contributed by atoms with Gasteiger partial charge in [0.25, 0.3) is 10.0 Å². The lowest BCUT2D eigenvalue weighted by atomic mass is 9.89. The Labute approximate surface area is 218 Å². The Morgan fingerprint density at radius 2 is 1.76 bits per heavy atom. The first-order valence-electron chi connectivity index (χ1n) is 11.9. The van der Waals surface area contributed by atoms with E-state index in [9.17, 15) is 13.2 Å². The van der Waals surface area contributed by atoms with Crippen LogP contribution in [0.15, 0.2) is 71.6 Å². The lowest BCUT2D eigenvalue weighted by molar-refractivity contribution is -0.120. The normalized spacial score (nSPS) is 16.2. The Hall–Kier alpha value is -3.72. The van der Waals surface area contributed by atoms with Crippen LogP contribution in [0.25, 0.3) is 0 Å². The predicted octanol–water partition coefficient (Wildman–Crippen LogP) is 4.63. The van der Waals surface area contributed by atoms with E-state index in [2.05, 4.69) is 5.32 Å². The van der Waals surface area contributed by atoms with E-state index in [1.807, 2.05) is 45.0 Å². The lowest BCUT2D eigenvalue weighted by Gasteiger charge is -2.38. The molecule has 0 bridgehead atoms. The van der Waals surface area contributed by atoms with Crippen molar-refractivity contribution in [2.24, 2.45) is 0 Å². The third kappa shape index (κ3) is 5.67. The van der Waals surface area contributed by atoms with Crippen LogP contribution in [0.5, 0.6) is 17.2 Å². The van der Waals surface area contributed by atoms with Gasteiger partial charge in [0.2, 0.25) is 5.91 Å². The molecule has 196 valence electrons. The number of carbonyl (C=O) groups is 1. The fraction of sp³-hybridized carbons (Fsp3) is 0.321. The molecule has 9 heteroatoms. The molecule has 1 N–H and O–H groups in total. The second kappa shape index (κ2) is 10.3. The van der Waals surface area contributed by atoms with E-state index < -0.39 is 28.1 Å². The zero-order valence-electron chi connectivity index (χ0n) is 21.6. The summed E-state index contributed by atoms with van der Waals surface area (Å²) in [6.45, 7) is 5.33. The molecule has 1 aliphatic heterocycles. The number of fused-ring (bicyclic) bond motifs is 1. The first-order chi connectivity index (χ1) is 17.5. The molecule has 1 heterocycles. The van der Waals surface area contributed by atoms with E-state index in [1.54, 1.807) is 30.3 Å². The van der Waals surface area contributed by atoms with Gasteiger partial charge in [-0.05, 0) is 51.1 Å². The van der Waals surface area contributed by atoms with Gasteiger partial charge in [0.05, 0.1) is 30.8 Å². The zero-order valence-corrected chi connectivity index (χ0v) is 22.5. The summed E-state index contributed by atoms with van der Waals surface area (Å²) in [7, 11) is -1.20. The molecule has 8 nitrogen and oxygen atoms in total. The van der Waals surface area contributed by atoms with Crippen molar-refractivity contribution in [3.63, 3.8) is 0 Å². The van der Waals surface area contributed by atoms with E-state index in [-0.39, 0.29) is 16.6 Å². The number of nitrogens with one attached hydrogen (secondary N) is 1. The van der Waals surface area contributed by atoms with Gasteiger partial charge in [0.15, 0.2) is 0 Å². The number of anilines is 1. The highest BCUT2D eigenvalue weighted by atomic mass is 32.2. The Kier molecular flexibility index (Phi) is 7.36. The number of methoxy groups -OCH3 is 2. The van der Waals surface area contributed by atoms with Crippen LogP contribution in [0.2, 0.25) is 0 Å². The van der Waals surface area contributed by atoms with Gasteiger partial charge in [0, 0.05) is 18.1 Å². The van der Waals surface area contributed by atoms with E-state index >= 15 is 0 Å². The van der Waals surface area contributed by atoms with Crippen LogP contribution in [-0.2, 0) is 14.8 Å². The number of ether oxygens (including phenoxy) is 3. The molecule has 1 aliphatic rings. The minimum Gasteiger partial charge on any atom is -0.497 e. The largest absolute Gasteiger partial charge is 0.497 e. The Balaban J connectivity index is 1.72. The third-order valence-electron chi connectivity index (χ3n) is 6.26. The first kappa shape index (κ1) is 26.3. The average molecular weight is 525 g/mol. The number of para-hydroxylation sites is 1. The Morgan fingerprint density at radius 1 is 1.05 bits per heavy atom. The van der Waals surface area contributed by atoms with Crippen molar-refractivity contribution >= 4 is 21.6 Å². The number of hydrogen-bond acceptors (Lipinski definition) is 6. The maximum atomic E-state index is 13.9. The van der Waals surface area contributed by atoms with Crippen molar-refractivity contribution in [1.29, 1.82) is 0 Å². The summed E-state index contributed by atoms with van der Waals surface area (Å²) in [5, 5.41) is 3.03. The quantitative estimate of drug-likeness (QED) is 0.462. The summed E-state index contributed by atoms with van der Waals surface area (Å²) in [5.41, 5.74) is 1.46. The molecular weight excluding hydrogens is 492 g/mol. The van der Waals surface area contributed by atoms with Gasteiger partial charge in [-0.2, -0.15) is 0 Å². The molecule has 0 spiro atoms. The summed E-state index contributed by atoms with van der Waals surface area (Å²) >= 11 is 0. The molecule has 0 saturated heterocycles. The number of sulfonamides is 1. The molecule has 1 amide bonds. The minimum absolute atomic E-state index is 0.0633. The molecule has 0 radical (unpaired) electrons. The van der Waals surface area contributed by atoms with Crippen LogP contribution in [0.4, 0.5) is 5.69 Å².